The van der Waals surface area contributed by atoms with Crippen molar-refractivity contribution in [3.05, 3.63) is 11.9 Å². The molecular weight excluding hydrogens is 1200 g/mol. The summed E-state index contributed by atoms with van der Waals surface area (Å²) in [4.78, 5) is 140. The second-order valence-electron chi connectivity index (χ2n) is 22.3. The second-order valence-corrected chi connectivity index (χ2v) is 23.5. The van der Waals surface area contributed by atoms with E-state index in [1.54, 1.807) is 6.20 Å². The maximum atomic E-state index is 14.1. The summed E-state index contributed by atoms with van der Waals surface area (Å²) in [5, 5.41) is 43.4. The molecule has 22 N–H and O–H groups in total. The number of aromatic nitrogens is 3. The largest absolute Gasteiger partial charge is 0.394 e. The van der Waals surface area contributed by atoms with Crippen molar-refractivity contribution in [1.82, 2.24) is 62.8 Å². The number of unbranched alkanes of at least 4 members (excludes halogenated alkanes) is 1. The van der Waals surface area contributed by atoms with E-state index < -0.39 is 102 Å². The maximum Gasteiger partial charge on any atom is 0.315 e. The van der Waals surface area contributed by atoms with Crippen molar-refractivity contribution in [2.24, 2.45) is 50.3 Å². The number of aliphatic hydroxyl groups is 1. The highest BCUT2D eigenvalue weighted by molar-refractivity contribution is 8.00. The highest BCUT2D eigenvalue weighted by atomic mass is 32.2. The summed E-state index contributed by atoms with van der Waals surface area (Å²) in [5.74, 6) is -6.84. The van der Waals surface area contributed by atoms with Gasteiger partial charge in [0.25, 0.3) is 0 Å². The lowest BCUT2D eigenvalue weighted by Crippen LogP contribution is -2.59. The molecule has 2 bridgehead atoms. The lowest BCUT2D eigenvalue weighted by molar-refractivity contribution is -0.136. The van der Waals surface area contributed by atoms with E-state index in [2.05, 4.69) is 68.1 Å². The number of Topliss-reactive ketones (excluding diaryl/α,β-unsaturated/α-hetero) is 1. The van der Waals surface area contributed by atoms with Gasteiger partial charge < -0.3 is 102 Å². The fourth-order valence-electron chi connectivity index (χ4n) is 9.89. The molecule has 34 nitrogen and oxygen atoms in total. The number of aliphatic hydroxyl groups excluding tert-OH is 1. The van der Waals surface area contributed by atoms with Gasteiger partial charge in [0.2, 0.25) is 47.3 Å². The average Bonchev–Trinajstić information content (AvgIpc) is 2.14. The van der Waals surface area contributed by atoms with Crippen LogP contribution in [0.1, 0.15) is 115 Å². The van der Waals surface area contributed by atoms with Crippen LogP contribution in [0.5, 0.6) is 0 Å². The maximum absolute atomic E-state index is 14.1. The number of ketones is 1. The monoisotopic (exact) mass is 1290 g/mol. The summed E-state index contributed by atoms with van der Waals surface area (Å²) >= 11 is 1.86. The Bertz CT molecular complexity index is 2540. The molecule has 506 valence electrons. The van der Waals surface area contributed by atoms with Crippen LogP contribution in [-0.2, 0) is 70.3 Å². The molecule has 10 atom stereocenters. The number of primary amides is 1. The van der Waals surface area contributed by atoms with E-state index in [0.717, 1.165) is 25.0 Å². The molecule has 2 fully saturated rings. The Morgan fingerprint density at radius 3 is 1.94 bits per heavy atom. The van der Waals surface area contributed by atoms with Crippen LogP contribution < -0.4 is 82.3 Å². The Balaban J connectivity index is 1.31. The van der Waals surface area contributed by atoms with E-state index in [1.165, 1.54) is 11.6 Å². The van der Waals surface area contributed by atoms with Gasteiger partial charge >= 0.3 is 6.03 Å². The first-order chi connectivity index (χ1) is 43.1. The number of aryl methyl sites for hydroxylation is 1. The van der Waals surface area contributed by atoms with Crippen LogP contribution in [0.25, 0.3) is 0 Å². The van der Waals surface area contributed by atoms with Crippen molar-refractivity contribution in [1.29, 1.82) is 0 Å². The third-order valence-electron chi connectivity index (χ3n) is 14.9. The number of nitrogens with two attached hydrogens (primary N) is 6. The van der Waals surface area contributed by atoms with Gasteiger partial charge in [0.05, 0.1) is 56.9 Å². The number of thioether (sulfide) groups is 1. The van der Waals surface area contributed by atoms with Gasteiger partial charge in [-0.05, 0) is 84.0 Å². The van der Waals surface area contributed by atoms with Crippen LogP contribution in [0.3, 0.4) is 0 Å². The molecule has 4 rings (SSSR count). The van der Waals surface area contributed by atoms with E-state index in [4.69, 9.17) is 48.6 Å². The molecule has 90 heavy (non-hydrogen) atoms. The van der Waals surface area contributed by atoms with E-state index in [9.17, 15) is 53.1 Å². The SMILES string of the molecule is C[C@@H]1NC(=O)[C@H](CCCN=C(N)N)NC(=O)[C@H](CCCN=C(N)N)CC(=O)[C@@H](N)Cc2cn(nn2)CCCC[C@@H](C(=O)NCCCOCCOCCOCCCNC(=O)CCCCC2SC[C@H]3NC(=O)N[C@@H]23)NC(=O)[C@H](CO)NC(=O)[C@H](CCC(N)=O)NC1=O. The summed E-state index contributed by atoms with van der Waals surface area (Å²) in [7, 11) is 0. The third-order valence-corrected chi connectivity index (χ3v) is 16.4. The number of guanidine groups is 2. The van der Waals surface area contributed by atoms with Gasteiger partial charge in [-0.3, -0.25) is 57.8 Å². The van der Waals surface area contributed by atoms with E-state index in [-0.39, 0.29) is 120 Å². The standard InChI is InChI=1S/C55H96N20O14S/c1-33-47(80)67-39(15-16-44(57)78)51(84)70-40(31-76)52(85)69-37(49(82)63-20-9-23-88-25-27-89-26-24-87-22-8-19-62-45(79)14-3-2-13-43-46-41(32-90-43)71-55(86)72-46)11-4-5-21-75-30-35(73-74-75)29-36(56)42(77)28-34(10-6-17-64-53(58)59)48(81)68-38(50(83)66-33)12-7-18-65-54(60)61/h30,33-34,36-41,43,46,76H,2-29,31-32,56H2,1H3,(H2,57,78)(H,62,79)(H,63,82)(H,66,83)(H,67,80)(H,68,81)(H,69,85)(H,70,84)(H4,58,59,64)(H4,60,61,65)(H2,71,72,86)/t33-,34+,36-,37-,38-,39-,40-,41+,43?,46+/m0/s1. The topological polar surface area (TPSA) is 538 Å². The minimum atomic E-state index is -1.66. The first kappa shape index (κ1) is 75.0. The molecule has 3 aliphatic heterocycles. The van der Waals surface area contributed by atoms with E-state index >= 15 is 0 Å². The van der Waals surface area contributed by atoms with E-state index in [0.29, 0.717) is 82.6 Å². The Labute approximate surface area is 527 Å². The lowest BCUT2D eigenvalue weighted by atomic mass is 9.91. The smallest absolute Gasteiger partial charge is 0.315 e. The van der Waals surface area contributed by atoms with Gasteiger partial charge in [-0.1, -0.05) is 11.6 Å². The quantitative estimate of drug-likeness (QED) is 0.0138. The van der Waals surface area contributed by atoms with Crippen molar-refractivity contribution < 1.29 is 67.3 Å². The number of carbonyl (C=O) groups excluding carboxylic acids is 10. The average molecular weight is 1290 g/mol. The number of urea groups is 1. The van der Waals surface area contributed by atoms with Gasteiger partial charge in [-0.25, -0.2) is 4.79 Å². The molecule has 0 aromatic carbocycles. The third kappa shape index (κ3) is 29.4. The number of rotatable bonds is 32. The number of hydrogen-bond acceptors (Lipinski definition) is 20. The van der Waals surface area contributed by atoms with Crippen molar-refractivity contribution in [3.8, 4) is 0 Å². The van der Waals surface area contributed by atoms with Crippen LogP contribution in [0.4, 0.5) is 4.79 Å². The number of carbonyl (C=O) groups is 10. The van der Waals surface area contributed by atoms with Crippen molar-refractivity contribution in [2.75, 3.05) is 78.2 Å². The van der Waals surface area contributed by atoms with Gasteiger partial charge in [0.1, 0.15) is 30.2 Å². The molecule has 0 saturated carbocycles. The molecule has 4 heterocycles. The number of aliphatic imine (C=N–C) groups is 2. The lowest BCUT2D eigenvalue weighted by Gasteiger charge is -2.26. The molecule has 0 spiro atoms. The van der Waals surface area contributed by atoms with Crippen LogP contribution in [0, 0.1) is 5.92 Å². The number of nitrogens with one attached hydrogen (secondary N) is 9. The zero-order valence-corrected chi connectivity index (χ0v) is 52.2. The Morgan fingerprint density at radius 2 is 1.28 bits per heavy atom. The van der Waals surface area contributed by atoms with E-state index in [1.807, 2.05) is 11.8 Å². The number of amides is 10. The van der Waals surface area contributed by atoms with Crippen LogP contribution >= 0.6 is 11.8 Å². The molecular formula is C55H96N20O14S. The zero-order valence-electron chi connectivity index (χ0n) is 51.4. The zero-order chi connectivity index (χ0) is 65.8. The minimum Gasteiger partial charge on any atom is -0.394 e. The molecule has 0 aliphatic carbocycles. The molecule has 10 amide bonds. The summed E-state index contributed by atoms with van der Waals surface area (Å²) < 4.78 is 18.4. The van der Waals surface area contributed by atoms with Gasteiger partial charge in [0.15, 0.2) is 17.7 Å². The molecule has 35 heteroatoms. The second kappa shape index (κ2) is 41.8. The molecule has 1 unspecified atom stereocenters. The normalized spacial score (nSPS) is 24.1. The summed E-state index contributed by atoms with van der Waals surface area (Å²) in [6.07, 6.45) is 5.93. The molecule has 0 radical (unpaired) electrons. The Hall–Kier alpha value is -7.47. The van der Waals surface area contributed by atoms with Gasteiger partial charge in [-0.15, -0.1) is 5.10 Å². The predicted octanol–water partition coefficient (Wildman–Crippen LogP) is -5.50. The minimum absolute atomic E-state index is 0.00525. The van der Waals surface area contributed by atoms with Crippen molar-refractivity contribution in [2.45, 2.75) is 176 Å². The summed E-state index contributed by atoms with van der Waals surface area (Å²) in [5.41, 5.74) is 34.2. The van der Waals surface area contributed by atoms with Crippen LogP contribution in [0.15, 0.2) is 16.2 Å². The summed E-state index contributed by atoms with van der Waals surface area (Å²) in [6.45, 7) is 3.46. The predicted molar refractivity (Wildman–Crippen MR) is 331 cm³/mol. The molecule has 1 aromatic heterocycles. The first-order valence-corrected chi connectivity index (χ1v) is 31.8. The summed E-state index contributed by atoms with van der Waals surface area (Å²) in [6, 6.07) is -7.95. The van der Waals surface area contributed by atoms with Gasteiger partial charge in [0, 0.05) is 94.7 Å². The Morgan fingerprint density at radius 1 is 0.667 bits per heavy atom. The van der Waals surface area contributed by atoms with Crippen molar-refractivity contribution in [3.63, 3.8) is 0 Å². The molecule has 3 aliphatic rings. The number of hydrogen-bond donors (Lipinski definition) is 16. The highest BCUT2D eigenvalue weighted by Gasteiger charge is 2.42. The van der Waals surface area contributed by atoms with Crippen LogP contribution in [-0.4, -0.2) is 223 Å². The van der Waals surface area contributed by atoms with Gasteiger partial charge in [-0.2, -0.15) is 11.8 Å². The number of ether oxygens (including phenoxy) is 3. The number of fused-ring (bicyclic) bond motifs is 3. The first-order valence-electron chi connectivity index (χ1n) is 30.8. The highest BCUT2D eigenvalue weighted by Crippen LogP contribution is 2.33. The fraction of sp³-hybridized carbons (Fsp3) is 0.745. The Kier molecular flexibility index (Phi) is 34.8. The molecule has 1 aromatic rings. The molecule has 2 saturated heterocycles. The van der Waals surface area contributed by atoms with Crippen LogP contribution in [0.2, 0.25) is 0 Å². The number of nitrogens with zero attached hydrogens (tertiary/aromatic N) is 5. The van der Waals surface area contributed by atoms with Crippen molar-refractivity contribution >= 4 is 82.8 Å². The fourth-order valence-corrected chi connectivity index (χ4v) is 11.4.